The van der Waals surface area contributed by atoms with Gasteiger partial charge in [0.05, 0.1) is 29.2 Å². The van der Waals surface area contributed by atoms with Crippen molar-refractivity contribution in [2.45, 2.75) is 58.7 Å². The fourth-order valence-corrected chi connectivity index (χ4v) is 4.90. The van der Waals surface area contributed by atoms with Gasteiger partial charge < -0.3 is 19.0 Å². The van der Waals surface area contributed by atoms with Gasteiger partial charge in [0.2, 0.25) is 0 Å². The van der Waals surface area contributed by atoms with Crippen LogP contribution in [0.25, 0.3) is 33.3 Å². The summed E-state index contributed by atoms with van der Waals surface area (Å²) in [4.78, 5) is 17.3. The number of furan rings is 1. The zero-order valence-electron chi connectivity index (χ0n) is 19.8. The van der Waals surface area contributed by atoms with Crippen LogP contribution in [0.5, 0.6) is 5.75 Å². The van der Waals surface area contributed by atoms with E-state index < -0.39 is 5.97 Å². The first-order chi connectivity index (χ1) is 16.5. The van der Waals surface area contributed by atoms with Crippen LogP contribution < -0.4 is 4.74 Å². The molecule has 176 valence electrons. The molecule has 1 saturated heterocycles. The van der Waals surface area contributed by atoms with Crippen LogP contribution in [-0.4, -0.2) is 34.9 Å². The Bertz CT molecular complexity index is 1370. The standard InChI is InChI=1S/C28H29NO5/c1-4-7-18-14-19(12-13-32-18)33-24-11-10-16(2)26-25(24)21(28(30)31)15-22(29-26)27-17(3)20-8-5-6-9-23(20)34-27/h5-6,8-11,15,18-19H,4,7,12-14H2,1-3H3,(H,30,31)/t18-,19-/m0/s1. The number of hydrogen-bond donors (Lipinski definition) is 1. The number of para-hydroxylation sites is 1. The molecule has 4 aromatic rings. The molecule has 1 N–H and O–H groups in total. The maximum absolute atomic E-state index is 12.4. The van der Waals surface area contributed by atoms with Crippen molar-refractivity contribution in [1.82, 2.24) is 4.98 Å². The SMILES string of the molecule is CCC[C@H]1C[C@@H](Oc2ccc(C)c3nc(-c4oc5ccccc5c4C)cc(C(=O)O)c23)CCO1. The third-order valence-electron chi connectivity index (χ3n) is 6.65. The highest BCUT2D eigenvalue weighted by atomic mass is 16.5. The van der Waals surface area contributed by atoms with Crippen LogP contribution in [0.2, 0.25) is 0 Å². The number of ether oxygens (including phenoxy) is 2. The highest BCUT2D eigenvalue weighted by Crippen LogP contribution is 2.38. The lowest BCUT2D eigenvalue weighted by atomic mass is 10.00. The molecule has 3 heterocycles. The van der Waals surface area contributed by atoms with Crippen molar-refractivity contribution in [3.63, 3.8) is 0 Å². The summed E-state index contributed by atoms with van der Waals surface area (Å²) in [5, 5.41) is 11.7. The number of fused-ring (bicyclic) bond motifs is 2. The van der Waals surface area contributed by atoms with Crippen LogP contribution in [0.15, 0.2) is 46.9 Å². The van der Waals surface area contributed by atoms with Crippen LogP contribution >= 0.6 is 0 Å². The predicted octanol–water partition coefficient (Wildman–Crippen LogP) is 6.69. The maximum atomic E-state index is 12.4. The van der Waals surface area contributed by atoms with E-state index in [1.807, 2.05) is 50.2 Å². The molecule has 0 amide bonds. The molecule has 6 heteroatoms. The summed E-state index contributed by atoms with van der Waals surface area (Å²) in [5.41, 5.74) is 3.86. The van der Waals surface area contributed by atoms with Gasteiger partial charge in [0.25, 0.3) is 0 Å². The van der Waals surface area contributed by atoms with E-state index >= 15 is 0 Å². The Morgan fingerprint density at radius 2 is 2.03 bits per heavy atom. The van der Waals surface area contributed by atoms with Gasteiger partial charge in [-0.3, -0.25) is 0 Å². The Kier molecular flexibility index (Phi) is 6.00. The van der Waals surface area contributed by atoms with Gasteiger partial charge in [-0.15, -0.1) is 0 Å². The van der Waals surface area contributed by atoms with Crippen molar-refractivity contribution in [1.29, 1.82) is 0 Å². The molecule has 2 atom stereocenters. The monoisotopic (exact) mass is 459 g/mol. The number of nitrogens with zero attached hydrogens (tertiary/aromatic N) is 1. The number of hydrogen-bond acceptors (Lipinski definition) is 5. The fraction of sp³-hybridized carbons (Fsp3) is 0.357. The van der Waals surface area contributed by atoms with Crippen molar-refractivity contribution >= 4 is 27.8 Å². The number of benzene rings is 2. The average molecular weight is 460 g/mol. The third-order valence-corrected chi connectivity index (χ3v) is 6.65. The van der Waals surface area contributed by atoms with Gasteiger partial charge in [0.1, 0.15) is 23.1 Å². The first kappa shape index (κ1) is 22.4. The summed E-state index contributed by atoms with van der Waals surface area (Å²) in [7, 11) is 0. The topological polar surface area (TPSA) is 81.8 Å². The van der Waals surface area contributed by atoms with Crippen molar-refractivity contribution in [2.24, 2.45) is 0 Å². The van der Waals surface area contributed by atoms with E-state index in [2.05, 4.69) is 6.92 Å². The van der Waals surface area contributed by atoms with Crippen LogP contribution in [0.1, 0.15) is 54.1 Å². The first-order valence-corrected chi connectivity index (χ1v) is 11.9. The summed E-state index contributed by atoms with van der Waals surface area (Å²) in [6, 6.07) is 13.2. The number of aryl methyl sites for hydroxylation is 2. The van der Waals surface area contributed by atoms with E-state index in [-0.39, 0.29) is 17.8 Å². The van der Waals surface area contributed by atoms with Gasteiger partial charge in [-0.1, -0.05) is 37.6 Å². The molecule has 1 aliphatic rings. The van der Waals surface area contributed by atoms with E-state index in [0.717, 1.165) is 47.8 Å². The predicted molar refractivity (Wildman–Crippen MR) is 132 cm³/mol. The largest absolute Gasteiger partial charge is 0.490 e. The Morgan fingerprint density at radius 1 is 1.21 bits per heavy atom. The van der Waals surface area contributed by atoms with Crippen LogP contribution in [0.3, 0.4) is 0 Å². The Hall–Kier alpha value is -3.38. The minimum absolute atomic E-state index is 0.0184. The van der Waals surface area contributed by atoms with Crippen molar-refractivity contribution in [2.75, 3.05) is 6.61 Å². The maximum Gasteiger partial charge on any atom is 0.336 e. The molecule has 0 unspecified atom stereocenters. The minimum Gasteiger partial charge on any atom is -0.490 e. The van der Waals surface area contributed by atoms with E-state index in [4.69, 9.17) is 18.9 Å². The van der Waals surface area contributed by atoms with Gasteiger partial charge in [-0.25, -0.2) is 9.78 Å². The first-order valence-electron chi connectivity index (χ1n) is 11.9. The third kappa shape index (κ3) is 4.03. The van der Waals surface area contributed by atoms with Gasteiger partial charge in [-0.05, 0) is 44.0 Å². The summed E-state index contributed by atoms with van der Waals surface area (Å²) >= 11 is 0. The molecule has 0 saturated carbocycles. The van der Waals surface area contributed by atoms with Gasteiger partial charge in [0.15, 0.2) is 5.76 Å². The second kappa shape index (κ2) is 9.11. The van der Waals surface area contributed by atoms with Gasteiger partial charge >= 0.3 is 5.97 Å². The number of pyridine rings is 1. The van der Waals surface area contributed by atoms with Crippen LogP contribution in [-0.2, 0) is 4.74 Å². The molecule has 2 aromatic carbocycles. The molecular formula is C28H29NO5. The van der Waals surface area contributed by atoms with E-state index in [1.54, 1.807) is 6.07 Å². The molecule has 0 radical (unpaired) electrons. The molecule has 6 nitrogen and oxygen atoms in total. The normalized spacial score (nSPS) is 18.4. The lowest BCUT2D eigenvalue weighted by Crippen LogP contribution is -2.32. The molecule has 0 aliphatic carbocycles. The molecule has 2 aromatic heterocycles. The van der Waals surface area contributed by atoms with E-state index in [9.17, 15) is 9.90 Å². The average Bonchev–Trinajstić information content (AvgIpc) is 3.17. The number of carboxylic acid groups (broad SMARTS) is 1. The van der Waals surface area contributed by atoms with Gasteiger partial charge in [0, 0.05) is 23.8 Å². The number of carboxylic acids is 1. The second-order valence-electron chi connectivity index (χ2n) is 9.06. The highest BCUT2D eigenvalue weighted by molar-refractivity contribution is 6.07. The summed E-state index contributed by atoms with van der Waals surface area (Å²) in [5.74, 6) is 0.123. The molecule has 0 spiro atoms. The second-order valence-corrected chi connectivity index (χ2v) is 9.06. The molecular weight excluding hydrogens is 430 g/mol. The van der Waals surface area contributed by atoms with Crippen molar-refractivity contribution in [3.8, 4) is 17.2 Å². The number of aromatic carboxylic acids is 1. The van der Waals surface area contributed by atoms with Crippen LogP contribution in [0.4, 0.5) is 0 Å². The zero-order valence-corrected chi connectivity index (χ0v) is 19.8. The van der Waals surface area contributed by atoms with E-state index in [0.29, 0.717) is 34.7 Å². The molecule has 5 rings (SSSR count). The zero-order chi connectivity index (χ0) is 23.8. The van der Waals surface area contributed by atoms with E-state index in [1.165, 1.54) is 0 Å². The minimum atomic E-state index is -1.02. The Labute approximate surface area is 198 Å². The highest BCUT2D eigenvalue weighted by Gasteiger charge is 2.26. The van der Waals surface area contributed by atoms with Crippen LogP contribution in [0, 0.1) is 13.8 Å². The summed E-state index contributed by atoms with van der Waals surface area (Å²) in [6.07, 6.45) is 3.80. The number of carbonyl (C=O) groups is 1. The fourth-order valence-electron chi connectivity index (χ4n) is 4.90. The molecule has 0 bridgehead atoms. The molecule has 1 aliphatic heterocycles. The number of aromatic nitrogens is 1. The van der Waals surface area contributed by atoms with Crippen molar-refractivity contribution in [3.05, 3.63) is 59.2 Å². The Balaban J connectivity index is 1.62. The van der Waals surface area contributed by atoms with Gasteiger partial charge in [-0.2, -0.15) is 0 Å². The molecule has 1 fully saturated rings. The molecule has 34 heavy (non-hydrogen) atoms. The summed E-state index contributed by atoms with van der Waals surface area (Å²) in [6.45, 7) is 6.70. The smallest absolute Gasteiger partial charge is 0.336 e. The summed E-state index contributed by atoms with van der Waals surface area (Å²) < 4.78 is 18.4. The lowest BCUT2D eigenvalue weighted by Gasteiger charge is -2.30. The quantitative estimate of drug-likeness (QED) is 0.346. The Morgan fingerprint density at radius 3 is 2.79 bits per heavy atom. The lowest BCUT2D eigenvalue weighted by molar-refractivity contribution is -0.0378. The van der Waals surface area contributed by atoms with Crippen molar-refractivity contribution < 1.29 is 23.8 Å². The number of rotatable bonds is 6.